The number of hydrogen-bond donors (Lipinski definition) is 0. The highest BCUT2D eigenvalue weighted by molar-refractivity contribution is 5.76. The van der Waals surface area contributed by atoms with Gasteiger partial charge in [-0.05, 0) is 28.9 Å². The van der Waals surface area contributed by atoms with Gasteiger partial charge >= 0.3 is 0 Å². The van der Waals surface area contributed by atoms with E-state index in [9.17, 15) is 0 Å². The van der Waals surface area contributed by atoms with Crippen LogP contribution in [0.3, 0.4) is 0 Å². The Labute approximate surface area is 97.3 Å². The first-order chi connectivity index (χ1) is 8.36. The molecule has 2 aromatic carbocycles. The zero-order valence-electron chi connectivity index (χ0n) is 9.41. The maximum Gasteiger partial charge on any atom is 0.252 e. The molecule has 0 atom stereocenters. The molecule has 4 nitrogen and oxygen atoms in total. The number of nitrogens with zero attached hydrogens (tertiary/aromatic N) is 4. The first kappa shape index (κ1) is 8.75. The van der Waals surface area contributed by atoms with Crippen molar-refractivity contribution in [2.45, 2.75) is 0 Å². The second kappa shape index (κ2) is 2.85. The van der Waals surface area contributed by atoms with Crippen LogP contribution >= 0.6 is 0 Å². The number of aryl methyl sites for hydroxylation is 1. The van der Waals surface area contributed by atoms with Gasteiger partial charge in [0.2, 0.25) is 5.52 Å². The second-order valence-corrected chi connectivity index (χ2v) is 4.18. The van der Waals surface area contributed by atoms with Gasteiger partial charge in [-0.3, -0.25) is 0 Å². The maximum atomic E-state index is 4.62. The van der Waals surface area contributed by atoms with Crippen LogP contribution in [0.5, 0.6) is 0 Å². The standard InChI is InChI=1S/C13H11N4/c1-15-12-8-4-5-9-13(12)16-14-10-6-2-3-7-11(10)17(15)16/h2-9H,1H3/q+1. The molecule has 0 aliphatic heterocycles. The first-order valence-corrected chi connectivity index (χ1v) is 5.60. The topological polar surface area (TPSA) is 26.3 Å². The normalized spacial score (nSPS) is 11.8. The van der Waals surface area contributed by atoms with Crippen LogP contribution in [0.1, 0.15) is 0 Å². The predicted octanol–water partition coefficient (Wildman–Crippen LogP) is 1.56. The van der Waals surface area contributed by atoms with Gasteiger partial charge in [0.05, 0.1) is 12.1 Å². The van der Waals surface area contributed by atoms with Gasteiger partial charge in [-0.1, -0.05) is 24.3 Å². The molecule has 0 aliphatic rings. The van der Waals surface area contributed by atoms with Crippen molar-refractivity contribution < 1.29 is 4.63 Å². The van der Waals surface area contributed by atoms with Crippen molar-refractivity contribution in [3.63, 3.8) is 0 Å². The Kier molecular flexibility index (Phi) is 1.47. The minimum Gasteiger partial charge on any atom is -0.193 e. The summed E-state index contributed by atoms with van der Waals surface area (Å²) >= 11 is 0. The Balaban J connectivity index is 2.40. The Bertz CT molecular complexity index is 848. The van der Waals surface area contributed by atoms with E-state index in [1.807, 2.05) is 35.0 Å². The molecular formula is C13H11N4+. The SMILES string of the molecule is Cn1c2ccccc2n2nc3ccccc3[n+]12. The van der Waals surface area contributed by atoms with E-state index in [1.54, 1.807) is 0 Å². The highest BCUT2D eigenvalue weighted by Gasteiger charge is 2.20. The van der Waals surface area contributed by atoms with Crippen molar-refractivity contribution >= 4 is 22.1 Å². The molecule has 0 aliphatic carbocycles. The summed E-state index contributed by atoms with van der Waals surface area (Å²) < 4.78 is 6.14. The van der Waals surface area contributed by atoms with Crippen LogP contribution in [-0.4, -0.2) is 14.4 Å². The van der Waals surface area contributed by atoms with Crippen molar-refractivity contribution in [1.29, 1.82) is 0 Å². The van der Waals surface area contributed by atoms with Gasteiger partial charge in [0.25, 0.3) is 5.52 Å². The molecule has 82 valence electrons. The van der Waals surface area contributed by atoms with Crippen LogP contribution in [0, 0.1) is 0 Å². The van der Waals surface area contributed by atoms with Crippen LogP contribution in [0.2, 0.25) is 0 Å². The fourth-order valence-electron chi connectivity index (χ4n) is 2.42. The highest BCUT2D eigenvalue weighted by atomic mass is 15.6. The van der Waals surface area contributed by atoms with E-state index in [-0.39, 0.29) is 0 Å². The molecule has 4 heteroatoms. The summed E-state index contributed by atoms with van der Waals surface area (Å²) in [6, 6.07) is 16.4. The first-order valence-electron chi connectivity index (χ1n) is 5.60. The number of rotatable bonds is 0. The van der Waals surface area contributed by atoms with Crippen molar-refractivity contribution in [2.24, 2.45) is 7.05 Å². The molecule has 0 spiro atoms. The molecule has 0 saturated carbocycles. The average Bonchev–Trinajstić information content (AvgIpc) is 2.88. The number of fused-ring (bicyclic) bond motifs is 5. The van der Waals surface area contributed by atoms with Gasteiger partial charge in [0.1, 0.15) is 5.52 Å². The number of hydrogen-bond acceptors (Lipinski definition) is 1. The summed E-state index contributed by atoms with van der Waals surface area (Å²) in [6.07, 6.45) is 0. The predicted molar refractivity (Wildman–Crippen MR) is 64.8 cm³/mol. The molecule has 0 bridgehead atoms. The van der Waals surface area contributed by atoms with Crippen LogP contribution in [0.25, 0.3) is 22.1 Å². The molecule has 0 radical (unpaired) electrons. The zero-order valence-corrected chi connectivity index (χ0v) is 9.41. The quantitative estimate of drug-likeness (QED) is 0.415. The Hall–Kier alpha value is -2.36. The second-order valence-electron chi connectivity index (χ2n) is 4.18. The van der Waals surface area contributed by atoms with Gasteiger partial charge in [0, 0.05) is 4.63 Å². The highest BCUT2D eigenvalue weighted by Crippen LogP contribution is 2.13. The van der Waals surface area contributed by atoms with E-state index in [4.69, 9.17) is 0 Å². The van der Waals surface area contributed by atoms with Gasteiger partial charge < -0.3 is 0 Å². The number of benzene rings is 2. The van der Waals surface area contributed by atoms with E-state index < -0.39 is 0 Å². The van der Waals surface area contributed by atoms with Crippen LogP contribution in [-0.2, 0) is 7.05 Å². The monoisotopic (exact) mass is 223 g/mol. The molecule has 0 N–H and O–H groups in total. The van der Waals surface area contributed by atoms with Crippen molar-refractivity contribution in [1.82, 2.24) is 14.4 Å². The Morgan fingerprint density at radius 2 is 1.65 bits per heavy atom. The minimum atomic E-state index is 1.01. The van der Waals surface area contributed by atoms with E-state index in [0.29, 0.717) is 0 Å². The third-order valence-electron chi connectivity index (χ3n) is 3.21. The molecular weight excluding hydrogens is 212 g/mol. The minimum absolute atomic E-state index is 1.01. The molecule has 2 aromatic heterocycles. The molecule has 0 saturated heterocycles. The van der Waals surface area contributed by atoms with Crippen molar-refractivity contribution in [2.75, 3.05) is 0 Å². The van der Waals surface area contributed by atoms with E-state index >= 15 is 0 Å². The number of aromatic nitrogens is 4. The zero-order chi connectivity index (χ0) is 11.4. The Morgan fingerprint density at radius 1 is 0.941 bits per heavy atom. The summed E-state index contributed by atoms with van der Waals surface area (Å²) in [7, 11) is 2.05. The van der Waals surface area contributed by atoms with Gasteiger partial charge in [-0.25, -0.2) is 0 Å². The summed E-state index contributed by atoms with van der Waals surface area (Å²) in [6.45, 7) is 0. The third-order valence-corrected chi connectivity index (χ3v) is 3.21. The number of para-hydroxylation sites is 3. The largest absolute Gasteiger partial charge is 0.252 e. The lowest BCUT2D eigenvalue weighted by Gasteiger charge is -1.90. The molecule has 0 fully saturated rings. The van der Waals surface area contributed by atoms with Gasteiger partial charge in [0.15, 0.2) is 5.52 Å². The molecule has 0 unspecified atom stereocenters. The van der Waals surface area contributed by atoms with Crippen molar-refractivity contribution in [3.05, 3.63) is 48.5 Å². The Morgan fingerprint density at radius 3 is 2.53 bits per heavy atom. The lowest BCUT2D eigenvalue weighted by atomic mass is 10.3. The fraction of sp³-hybridized carbons (Fsp3) is 0.0769. The summed E-state index contributed by atoms with van der Waals surface area (Å²) in [5.74, 6) is 0. The molecule has 17 heavy (non-hydrogen) atoms. The summed E-state index contributed by atoms with van der Waals surface area (Å²) in [4.78, 5) is 0. The molecule has 2 heterocycles. The van der Waals surface area contributed by atoms with Crippen molar-refractivity contribution in [3.8, 4) is 0 Å². The molecule has 4 rings (SSSR count). The maximum absolute atomic E-state index is 4.62. The van der Waals surface area contributed by atoms with Gasteiger partial charge in [-0.15, -0.1) is 0 Å². The fourth-order valence-corrected chi connectivity index (χ4v) is 2.42. The summed E-state index contributed by atoms with van der Waals surface area (Å²) in [5, 5.41) is 4.62. The third kappa shape index (κ3) is 0.970. The van der Waals surface area contributed by atoms with Crippen LogP contribution in [0.15, 0.2) is 48.5 Å². The smallest absolute Gasteiger partial charge is 0.193 e. The van der Waals surface area contributed by atoms with Crippen LogP contribution < -0.4 is 4.63 Å². The molecule has 4 aromatic rings. The summed E-state index contributed by atoms with van der Waals surface area (Å²) in [5.41, 5.74) is 4.41. The lowest BCUT2D eigenvalue weighted by Crippen LogP contribution is -2.35. The lowest BCUT2D eigenvalue weighted by molar-refractivity contribution is -0.675. The van der Waals surface area contributed by atoms with E-state index in [0.717, 1.165) is 16.6 Å². The van der Waals surface area contributed by atoms with Gasteiger partial charge in [-0.2, -0.15) is 4.68 Å². The van der Waals surface area contributed by atoms with E-state index in [2.05, 4.69) is 39.7 Å². The average molecular weight is 223 g/mol. The van der Waals surface area contributed by atoms with E-state index in [1.165, 1.54) is 5.52 Å². The molecule has 0 amide bonds. The van der Waals surface area contributed by atoms with Crippen LogP contribution in [0.4, 0.5) is 0 Å².